The van der Waals surface area contributed by atoms with Crippen LogP contribution in [0.1, 0.15) is 19.4 Å². The fourth-order valence-electron chi connectivity index (χ4n) is 1.38. The van der Waals surface area contributed by atoms with Crippen LogP contribution in [0.2, 0.25) is 0 Å². The van der Waals surface area contributed by atoms with Crippen molar-refractivity contribution in [2.75, 3.05) is 0 Å². The van der Waals surface area contributed by atoms with Crippen molar-refractivity contribution in [3.05, 3.63) is 59.7 Å². The summed E-state index contributed by atoms with van der Waals surface area (Å²) < 4.78 is 31.7. The van der Waals surface area contributed by atoms with Gasteiger partial charge >= 0.3 is 0 Å². The number of hydrogen-bond donors (Lipinski definition) is 0. The van der Waals surface area contributed by atoms with Gasteiger partial charge in [-0.1, -0.05) is 32.0 Å². The molecule has 0 saturated carbocycles. The lowest BCUT2D eigenvalue weighted by Gasteiger charge is -2.07. The molecule has 0 heterocycles. The first kappa shape index (κ1) is 14.2. The maximum atomic E-state index is 13.3. The molecule has 0 aliphatic rings. The molecule has 1 nitrogen and oxygen atoms in total. The van der Waals surface area contributed by atoms with Crippen LogP contribution in [0.5, 0.6) is 11.5 Å². The highest BCUT2D eigenvalue weighted by Gasteiger charge is 2.10. The number of benzene rings is 2. The van der Waals surface area contributed by atoms with Crippen LogP contribution < -0.4 is 4.74 Å². The summed E-state index contributed by atoms with van der Waals surface area (Å²) in [4.78, 5) is 0. The first-order chi connectivity index (χ1) is 8.66. The molecule has 0 radical (unpaired) electrons. The molecule has 2 rings (SSSR count). The number of hydrogen-bond acceptors (Lipinski definition) is 1. The standard InChI is InChI=1S/C13H10F2O.C2H6/c1-9-4-2-5-10(8-9)16-13-11(14)6-3-7-12(13)15;1-2/h2-8H,1H3;1-2H3. The van der Waals surface area contributed by atoms with Crippen LogP contribution >= 0.6 is 0 Å². The van der Waals surface area contributed by atoms with E-state index in [2.05, 4.69) is 0 Å². The molecule has 3 heteroatoms. The summed E-state index contributed by atoms with van der Waals surface area (Å²) in [5.41, 5.74) is 0.967. The van der Waals surface area contributed by atoms with Gasteiger partial charge in [0.1, 0.15) is 5.75 Å². The van der Waals surface area contributed by atoms with E-state index in [1.165, 1.54) is 6.07 Å². The lowest BCUT2D eigenvalue weighted by Crippen LogP contribution is -1.92. The van der Waals surface area contributed by atoms with E-state index in [4.69, 9.17) is 4.74 Å². The molecule has 2 aromatic rings. The minimum atomic E-state index is -0.707. The Kier molecular flexibility index (Phi) is 5.31. The molecule has 0 amide bonds. The Labute approximate surface area is 106 Å². The van der Waals surface area contributed by atoms with Gasteiger partial charge in [-0.25, -0.2) is 8.78 Å². The molecule has 0 bridgehead atoms. The van der Waals surface area contributed by atoms with Crippen LogP contribution in [0.25, 0.3) is 0 Å². The summed E-state index contributed by atoms with van der Waals surface area (Å²) in [6, 6.07) is 10.6. The van der Waals surface area contributed by atoms with Gasteiger partial charge in [-0.3, -0.25) is 0 Å². The van der Waals surface area contributed by atoms with Crippen LogP contribution in [-0.4, -0.2) is 0 Å². The zero-order valence-corrected chi connectivity index (χ0v) is 10.7. The highest BCUT2D eigenvalue weighted by molar-refractivity contribution is 5.35. The molecule has 0 aliphatic carbocycles. The third-order valence-electron chi connectivity index (χ3n) is 2.13. The summed E-state index contributed by atoms with van der Waals surface area (Å²) >= 11 is 0. The normalized spacial score (nSPS) is 9.39. The molecule has 18 heavy (non-hydrogen) atoms. The van der Waals surface area contributed by atoms with Gasteiger partial charge in [0.2, 0.25) is 0 Å². The highest BCUT2D eigenvalue weighted by Crippen LogP contribution is 2.27. The maximum Gasteiger partial charge on any atom is 0.198 e. The molecule has 0 atom stereocenters. The average molecular weight is 250 g/mol. The lowest BCUT2D eigenvalue weighted by molar-refractivity contribution is 0.407. The quantitative estimate of drug-likeness (QED) is 0.721. The van der Waals surface area contributed by atoms with Crippen LogP contribution in [0.3, 0.4) is 0 Å². The van der Waals surface area contributed by atoms with Crippen LogP contribution in [0.15, 0.2) is 42.5 Å². The Morgan fingerprint density at radius 1 is 0.889 bits per heavy atom. The Balaban J connectivity index is 0.000000771. The predicted molar refractivity (Wildman–Crippen MR) is 69.0 cm³/mol. The van der Waals surface area contributed by atoms with E-state index in [1.54, 1.807) is 18.2 Å². The molecular formula is C15H16F2O. The SMILES string of the molecule is CC.Cc1cccc(Oc2c(F)cccc2F)c1. The molecule has 0 unspecified atom stereocenters. The van der Waals surface area contributed by atoms with E-state index in [9.17, 15) is 8.78 Å². The molecule has 0 N–H and O–H groups in total. The smallest absolute Gasteiger partial charge is 0.198 e. The van der Waals surface area contributed by atoms with Crippen LogP contribution in [0, 0.1) is 18.6 Å². The monoisotopic (exact) mass is 250 g/mol. The Morgan fingerprint density at radius 2 is 1.44 bits per heavy atom. The Morgan fingerprint density at radius 3 is 2.00 bits per heavy atom. The topological polar surface area (TPSA) is 9.23 Å². The molecule has 96 valence electrons. The summed E-state index contributed by atoms with van der Waals surface area (Å²) in [7, 11) is 0. The van der Waals surface area contributed by atoms with Crippen molar-refractivity contribution in [3.8, 4) is 11.5 Å². The highest BCUT2D eigenvalue weighted by atomic mass is 19.1. The predicted octanol–water partition coefficient (Wildman–Crippen LogP) is 5.09. The second-order valence-corrected chi connectivity index (χ2v) is 3.47. The van der Waals surface area contributed by atoms with E-state index >= 15 is 0 Å². The average Bonchev–Trinajstić information content (AvgIpc) is 2.37. The fourth-order valence-corrected chi connectivity index (χ4v) is 1.38. The molecule has 0 saturated heterocycles. The number of rotatable bonds is 2. The van der Waals surface area contributed by atoms with E-state index in [1.807, 2.05) is 26.8 Å². The largest absolute Gasteiger partial charge is 0.451 e. The van der Waals surface area contributed by atoms with Gasteiger partial charge in [0.05, 0.1) is 0 Å². The van der Waals surface area contributed by atoms with Gasteiger partial charge in [-0.2, -0.15) is 0 Å². The van der Waals surface area contributed by atoms with Crippen LogP contribution in [0.4, 0.5) is 8.78 Å². The van der Waals surface area contributed by atoms with E-state index < -0.39 is 11.6 Å². The van der Waals surface area contributed by atoms with Gasteiger partial charge in [0.15, 0.2) is 17.4 Å². The first-order valence-electron chi connectivity index (χ1n) is 5.85. The number of ether oxygens (including phenoxy) is 1. The van der Waals surface area contributed by atoms with Crippen molar-refractivity contribution >= 4 is 0 Å². The van der Waals surface area contributed by atoms with E-state index in [-0.39, 0.29) is 5.75 Å². The van der Waals surface area contributed by atoms with Crippen molar-refractivity contribution in [2.45, 2.75) is 20.8 Å². The second-order valence-electron chi connectivity index (χ2n) is 3.47. The van der Waals surface area contributed by atoms with Gasteiger partial charge in [-0.15, -0.1) is 0 Å². The molecular weight excluding hydrogens is 234 g/mol. The third-order valence-corrected chi connectivity index (χ3v) is 2.13. The van der Waals surface area contributed by atoms with Gasteiger partial charge in [0, 0.05) is 0 Å². The van der Waals surface area contributed by atoms with E-state index in [0.717, 1.165) is 17.7 Å². The molecule has 0 fully saturated rings. The molecule has 2 aromatic carbocycles. The fraction of sp³-hybridized carbons (Fsp3) is 0.200. The number of aryl methyl sites for hydroxylation is 1. The van der Waals surface area contributed by atoms with Gasteiger partial charge in [0.25, 0.3) is 0 Å². The zero-order chi connectivity index (χ0) is 13.5. The van der Waals surface area contributed by atoms with Crippen LogP contribution in [-0.2, 0) is 0 Å². The minimum absolute atomic E-state index is 0.367. The summed E-state index contributed by atoms with van der Waals surface area (Å²) in [6.45, 7) is 5.88. The second kappa shape index (κ2) is 6.74. The number of halogens is 2. The molecule has 0 aliphatic heterocycles. The van der Waals surface area contributed by atoms with Crippen molar-refractivity contribution in [1.29, 1.82) is 0 Å². The summed E-state index contributed by atoms with van der Waals surface area (Å²) in [5, 5.41) is 0. The zero-order valence-electron chi connectivity index (χ0n) is 10.7. The minimum Gasteiger partial charge on any atom is -0.451 e. The van der Waals surface area contributed by atoms with Crippen molar-refractivity contribution in [3.63, 3.8) is 0 Å². The van der Waals surface area contributed by atoms with Gasteiger partial charge in [-0.05, 0) is 36.8 Å². The summed E-state index contributed by atoms with van der Waals surface area (Å²) in [6.07, 6.45) is 0. The molecule has 0 aromatic heterocycles. The maximum absolute atomic E-state index is 13.3. The van der Waals surface area contributed by atoms with Crippen molar-refractivity contribution < 1.29 is 13.5 Å². The number of para-hydroxylation sites is 1. The van der Waals surface area contributed by atoms with Crippen molar-refractivity contribution in [1.82, 2.24) is 0 Å². The first-order valence-corrected chi connectivity index (χ1v) is 5.85. The van der Waals surface area contributed by atoms with Gasteiger partial charge < -0.3 is 4.74 Å². The third kappa shape index (κ3) is 3.55. The van der Waals surface area contributed by atoms with Crippen molar-refractivity contribution in [2.24, 2.45) is 0 Å². The summed E-state index contributed by atoms with van der Waals surface area (Å²) in [5.74, 6) is -1.36. The molecule has 0 spiro atoms. The Bertz CT molecular complexity index is 489. The lowest BCUT2D eigenvalue weighted by atomic mass is 10.2. The Hall–Kier alpha value is -1.90. The van der Waals surface area contributed by atoms with E-state index in [0.29, 0.717) is 5.75 Å².